The predicted octanol–water partition coefficient (Wildman–Crippen LogP) is 2.14. The van der Waals surface area contributed by atoms with Crippen molar-refractivity contribution < 1.29 is 16.8 Å². The molecule has 4 rings (SSSR count). The molecule has 8 nitrogen and oxygen atoms in total. The van der Waals surface area contributed by atoms with E-state index in [4.69, 9.17) is 0 Å². The van der Waals surface area contributed by atoms with E-state index in [1.165, 1.54) is 8.61 Å². The highest BCUT2D eigenvalue weighted by molar-refractivity contribution is 7.92. The van der Waals surface area contributed by atoms with Crippen LogP contribution in [0.15, 0.2) is 41.4 Å². The van der Waals surface area contributed by atoms with E-state index in [1.807, 2.05) is 18.2 Å². The average molecular weight is 465 g/mol. The summed E-state index contributed by atoms with van der Waals surface area (Å²) in [6, 6.07) is 9.02. The lowest BCUT2D eigenvalue weighted by Crippen LogP contribution is -2.49. The van der Waals surface area contributed by atoms with Crippen molar-refractivity contribution in [3.05, 3.63) is 47.7 Å². The summed E-state index contributed by atoms with van der Waals surface area (Å²) in [4.78, 5) is 6.67. The van der Waals surface area contributed by atoms with Crippen LogP contribution >= 0.6 is 0 Å². The Bertz CT molecular complexity index is 1160. The molecule has 0 aliphatic carbocycles. The van der Waals surface area contributed by atoms with E-state index in [2.05, 4.69) is 9.88 Å². The molecule has 2 saturated heterocycles. The van der Waals surface area contributed by atoms with E-state index >= 15 is 0 Å². The lowest BCUT2D eigenvalue weighted by Gasteiger charge is -2.35. The minimum atomic E-state index is -3.68. The van der Waals surface area contributed by atoms with Crippen LogP contribution < -0.4 is 9.21 Å². The molecule has 0 spiro atoms. The summed E-state index contributed by atoms with van der Waals surface area (Å²) >= 11 is 0. The lowest BCUT2D eigenvalue weighted by molar-refractivity contribution is 0.383. The molecule has 2 aromatic rings. The highest BCUT2D eigenvalue weighted by Gasteiger charge is 2.32. The van der Waals surface area contributed by atoms with Crippen molar-refractivity contribution in [1.82, 2.24) is 9.29 Å². The first-order chi connectivity index (χ1) is 14.7. The van der Waals surface area contributed by atoms with Crippen LogP contribution in [0.25, 0.3) is 0 Å². The average Bonchev–Trinajstić information content (AvgIpc) is 2.75. The minimum Gasteiger partial charge on any atom is -0.354 e. The highest BCUT2D eigenvalue weighted by atomic mass is 32.2. The number of anilines is 2. The van der Waals surface area contributed by atoms with Gasteiger partial charge in [0.15, 0.2) is 0 Å². The fourth-order valence-electron chi connectivity index (χ4n) is 4.22. The van der Waals surface area contributed by atoms with Crippen LogP contribution in [0.2, 0.25) is 0 Å². The Morgan fingerprint density at radius 3 is 2.32 bits per heavy atom. The molecule has 0 radical (unpaired) electrons. The van der Waals surface area contributed by atoms with Gasteiger partial charge < -0.3 is 4.90 Å². The summed E-state index contributed by atoms with van der Waals surface area (Å²) in [6.07, 6.45) is 3.20. The van der Waals surface area contributed by atoms with Crippen LogP contribution in [0.3, 0.4) is 0 Å². The topological polar surface area (TPSA) is 90.9 Å². The van der Waals surface area contributed by atoms with Crippen molar-refractivity contribution >= 4 is 31.6 Å². The molecule has 0 unspecified atom stereocenters. The molecular formula is C21H28N4O4S2. The smallest absolute Gasteiger partial charge is 0.243 e. The Morgan fingerprint density at radius 2 is 1.68 bits per heavy atom. The zero-order valence-corrected chi connectivity index (χ0v) is 19.5. The first kappa shape index (κ1) is 22.0. The molecule has 2 aliphatic rings. The van der Waals surface area contributed by atoms with E-state index in [0.29, 0.717) is 56.0 Å². The number of pyridine rings is 1. The van der Waals surface area contributed by atoms with E-state index < -0.39 is 20.0 Å². The van der Waals surface area contributed by atoms with Gasteiger partial charge in [-0.3, -0.25) is 4.31 Å². The molecular weight excluding hydrogens is 436 g/mol. The minimum absolute atomic E-state index is 0.131. The van der Waals surface area contributed by atoms with Gasteiger partial charge in [0.25, 0.3) is 0 Å². The van der Waals surface area contributed by atoms with Gasteiger partial charge >= 0.3 is 0 Å². The normalized spacial score (nSPS) is 20.1. The van der Waals surface area contributed by atoms with Crippen LogP contribution in [0, 0.1) is 13.8 Å². The van der Waals surface area contributed by atoms with Gasteiger partial charge in [-0.1, -0.05) is 6.07 Å². The molecule has 0 atom stereocenters. The molecule has 10 heteroatoms. The third kappa shape index (κ3) is 4.28. The maximum atomic E-state index is 13.4. The fraction of sp³-hybridized carbons (Fsp3) is 0.476. The second kappa shape index (κ2) is 8.40. The van der Waals surface area contributed by atoms with E-state index in [1.54, 1.807) is 32.2 Å². The summed E-state index contributed by atoms with van der Waals surface area (Å²) in [7, 11) is -7.03. The first-order valence-corrected chi connectivity index (χ1v) is 13.5. The van der Waals surface area contributed by atoms with Crippen molar-refractivity contribution in [3.8, 4) is 0 Å². The summed E-state index contributed by atoms with van der Waals surface area (Å²) in [5.41, 5.74) is 1.80. The summed E-state index contributed by atoms with van der Waals surface area (Å²) in [6.45, 7) is 5.83. The molecule has 0 saturated carbocycles. The van der Waals surface area contributed by atoms with Gasteiger partial charge in [0.1, 0.15) is 5.82 Å². The molecule has 1 aromatic heterocycles. The van der Waals surface area contributed by atoms with E-state index in [0.717, 1.165) is 12.2 Å². The van der Waals surface area contributed by atoms with Crippen LogP contribution in [0.5, 0.6) is 0 Å². The maximum absolute atomic E-state index is 13.4. The molecule has 168 valence electrons. The Labute approximate surface area is 184 Å². The predicted molar refractivity (Wildman–Crippen MR) is 121 cm³/mol. The molecule has 1 aromatic carbocycles. The molecule has 2 aliphatic heterocycles. The standard InChI is InChI=1S/C21H28N4O4S2/c1-17-16-20(18(2)15-19(17)25-9-5-6-14-30(25,26)27)31(28,29)24-12-10-23(11-13-24)21-7-3-4-8-22-21/h3-4,7-8,15-16H,5-6,9-14H2,1-2H3. The number of aryl methyl sites for hydroxylation is 2. The van der Waals surface area contributed by atoms with Gasteiger partial charge in [-0.2, -0.15) is 4.31 Å². The first-order valence-electron chi connectivity index (χ1n) is 10.5. The summed E-state index contributed by atoms with van der Waals surface area (Å²) in [5, 5.41) is 0. The zero-order valence-electron chi connectivity index (χ0n) is 17.9. The Kier molecular flexibility index (Phi) is 5.97. The quantitative estimate of drug-likeness (QED) is 0.689. The fourth-order valence-corrected chi connectivity index (χ4v) is 7.62. The number of aromatic nitrogens is 1. The lowest BCUT2D eigenvalue weighted by atomic mass is 10.1. The maximum Gasteiger partial charge on any atom is 0.243 e. The third-order valence-electron chi connectivity index (χ3n) is 5.94. The van der Waals surface area contributed by atoms with E-state index in [9.17, 15) is 16.8 Å². The molecule has 0 N–H and O–H groups in total. The number of benzene rings is 1. The number of sulfonamides is 2. The van der Waals surface area contributed by atoms with Crippen LogP contribution in [-0.2, 0) is 20.0 Å². The Balaban J connectivity index is 1.57. The number of nitrogens with zero attached hydrogens (tertiary/aromatic N) is 4. The second-order valence-electron chi connectivity index (χ2n) is 8.08. The largest absolute Gasteiger partial charge is 0.354 e. The molecule has 0 amide bonds. The van der Waals surface area contributed by atoms with Gasteiger partial charge in [-0.25, -0.2) is 21.8 Å². The number of hydrogen-bond donors (Lipinski definition) is 0. The van der Waals surface area contributed by atoms with Crippen molar-refractivity contribution in [3.63, 3.8) is 0 Å². The molecule has 2 fully saturated rings. The van der Waals surface area contributed by atoms with Gasteiger partial charge in [0.2, 0.25) is 20.0 Å². The number of piperazine rings is 1. The molecule has 31 heavy (non-hydrogen) atoms. The highest BCUT2D eigenvalue weighted by Crippen LogP contribution is 2.32. The zero-order chi connectivity index (χ0) is 22.2. The van der Waals surface area contributed by atoms with Crippen molar-refractivity contribution in [2.75, 3.05) is 47.7 Å². The third-order valence-corrected chi connectivity index (χ3v) is 9.84. The molecule has 3 heterocycles. The van der Waals surface area contributed by atoms with E-state index in [-0.39, 0.29) is 10.6 Å². The van der Waals surface area contributed by atoms with Gasteiger partial charge in [-0.05, 0) is 62.1 Å². The van der Waals surface area contributed by atoms with Gasteiger partial charge in [0.05, 0.1) is 16.3 Å². The summed E-state index contributed by atoms with van der Waals surface area (Å²) in [5.74, 6) is 0.977. The monoisotopic (exact) mass is 464 g/mol. The molecule has 0 bridgehead atoms. The second-order valence-corrected chi connectivity index (χ2v) is 12.0. The van der Waals surface area contributed by atoms with Crippen LogP contribution in [0.1, 0.15) is 24.0 Å². The number of hydrogen-bond acceptors (Lipinski definition) is 6. The van der Waals surface area contributed by atoms with Crippen LogP contribution in [-0.4, -0.2) is 64.6 Å². The van der Waals surface area contributed by atoms with Crippen LogP contribution in [0.4, 0.5) is 11.5 Å². The Hall–Kier alpha value is -2.17. The van der Waals surface area contributed by atoms with Crippen molar-refractivity contribution in [2.45, 2.75) is 31.6 Å². The van der Waals surface area contributed by atoms with Crippen molar-refractivity contribution in [2.24, 2.45) is 0 Å². The van der Waals surface area contributed by atoms with Crippen molar-refractivity contribution in [1.29, 1.82) is 0 Å². The van der Waals surface area contributed by atoms with Gasteiger partial charge in [0, 0.05) is 38.9 Å². The SMILES string of the molecule is Cc1cc(S(=O)(=O)N2CCN(c3ccccn3)CC2)c(C)cc1N1CCCCS1(=O)=O. The number of rotatable bonds is 4. The Morgan fingerprint density at radius 1 is 0.935 bits per heavy atom. The summed E-state index contributed by atoms with van der Waals surface area (Å²) < 4.78 is 54.7. The van der Waals surface area contributed by atoms with Gasteiger partial charge in [-0.15, -0.1) is 0 Å².